The van der Waals surface area contributed by atoms with Gasteiger partial charge >= 0.3 is 0 Å². The van der Waals surface area contributed by atoms with Crippen molar-refractivity contribution < 1.29 is 14.3 Å². The quantitative estimate of drug-likeness (QED) is 0.821. The minimum absolute atomic E-state index is 0.0136. The molecule has 5 nitrogen and oxygen atoms in total. The number of nitrogens with zero attached hydrogens (tertiary/aromatic N) is 1. The van der Waals surface area contributed by atoms with Crippen molar-refractivity contribution in [2.24, 2.45) is 0 Å². The average Bonchev–Trinajstić information content (AvgIpc) is 2.91. The molecule has 0 spiro atoms. The number of ether oxygens (including phenoxy) is 1. The molecule has 2 unspecified atom stereocenters. The predicted octanol–water partition coefficient (Wildman–Crippen LogP) is 2.75. The molecule has 0 saturated heterocycles. The summed E-state index contributed by atoms with van der Waals surface area (Å²) < 4.78 is 5.87. The number of para-hydroxylation sites is 3. The van der Waals surface area contributed by atoms with Crippen LogP contribution in [-0.4, -0.2) is 23.5 Å². The largest absolute Gasteiger partial charge is 0.465 e. The van der Waals surface area contributed by atoms with E-state index in [-0.39, 0.29) is 11.9 Å². The van der Waals surface area contributed by atoms with Gasteiger partial charge in [0.05, 0.1) is 5.69 Å². The molecule has 2 aliphatic heterocycles. The third-order valence-electron chi connectivity index (χ3n) is 4.72. The van der Waals surface area contributed by atoms with Gasteiger partial charge in [0.25, 0.3) is 17.4 Å². The van der Waals surface area contributed by atoms with Crippen LogP contribution in [0.5, 0.6) is 5.75 Å². The summed E-state index contributed by atoms with van der Waals surface area (Å²) in [5, 5.41) is 2.78. The number of fused-ring (bicyclic) bond motifs is 2. The molecule has 122 valence electrons. The monoisotopic (exact) mass is 322 g/mol. The number of carbonyl (C=O) groups is 2. The Morgan fingerprint density at radius 3 is 2.75 bits per heavy atom. The molecule has 0 aliphatic carbocycles. The fourth-order valence-corrected chi connectivity index (χ4v) is 3.41. The summed E-state index contributed by atoms with van der Waals surface area (Å²) in [4.78, 5) is 27.6. The van der Waals surface area contributed by atoms with Gasteiger partial charge in [0, 0.05) is 11.7 Å². The van der Waals surface area contributed by atoms with Crippen molar-refractivity contribution in [3.63, 3.8) is 0 Å². The molecule has 4 rings (SSSR count). The van der Waals surface area contributed by atoms with E-state index in [9.17, 15) is 9.59 Å². The first-order chi connectivity index (χ1) is 11.5. The van der Waals surface area contributed by atoms with Crippen molar-refractivity contribution in [2.45, 2.75) is 31.9 Å². The van der Waals surface area contributed by atoms with Crippen LogP contribution in [0.1, 0.15) is 19.4 Å². The Hall–Kier alpha value is -2.82. The first-order valence-corrected chi connectivity index (χ1v) is 8.02. The van der Waals surface area contributed by atoms with Gasteiger partial charge in [-0.05, 0) is 44.0 Å². The number of anilines is 2. The van der Waals surface area contributed by atoms with Crippen LogP contribution < -0.4 is 15.0 Å². The maximum atomic E-state index is 13.3. The van der Waals surface area contributed by atoms with E-state index in [1.807, 2.05) is 43.3 Å². The van der Waals surface area contributed by atoms with Gasteiger partial charge in [-0.15, -0.1) is 0 Å². The van der Waals surface area contributed by atoms with E-state index in [1.165, 1.54) is 6.92 Å². The third-order valence-corrected chi connectivity index (χ3v) is 4.72. The highest BCUT2D eigenvalue weighted by molar-refractivity contribution is 6.20. The number of hydrogen-bond acceptors (Lipinski definition) is 3. The molecular formula is C19H18N2O3. The van der Waals surface area contributed by atoms with Crippen LogP contribution in [0.4, 0.5) is 11.4 Å². The molecule has 0 aromatic heterocycles. The predicted molar refractivity (Wildman–Crippen MR) is 91.2 cm³/mol. The van der Waals surface area contributed by atoms with Crippen molar-refractivity contribution in [1.82, 2.24) is 0 Å². The van der Waals surface area contributed by atoms with E-state index >= 15 is 0 Å². The molecule has 2 aromatic rings. The Morgan fingerprint density at radius 1 is 1.21 bits per heavy atom. The highest BCUT2D eigenvalue weighted by Gasteiger charge is 2.51. The van der Waals surface area contributed by atoms with E-state index < -0.39 is 11.5 Å². The maximum absolute atomic E-state index is 13.3. The number of hydrogen-bond donors (Lipinski definition) is 1. The minimum Gasteiger partial charge on any atom is -0.465 e. The summed E-state index contributed by atoms with van der Waals surface area (Å²) in [6.45, 7) is 3.52. The molecule has 0 fully saturated rings. The summed E-state index contributed by atoms with van der Waals surface area (Å²) in [6, 6.07) is 14.9. The molecule has 0 saturated carbocycles. The summed E-state index contributed by atoms with van der Waals surface area (Å²) >= 11 is 0. The van der Waals surface area contributed by atoms with E-state index in [0.717, 1.165) is 17.7 Å². The SMILES string of the molecule is CC1Cc2ccccc2N1C(=O)C1(C)Oc2ccccc2NC1=O. The van der Waals surface area contributed by atoms with Crippen LogP contribution in [0, 0.1) is 0 Å². The zero-order valence-electron chi connectivity index (χ0n) is 13.6. The molecule has 5 heteroatoms. The first-order valence-electron chi connectivity index (χ1n) is 8.02. The van der Waals surface area contributed by atoms with E-state index in [0.29, 0.717) is 11.4 Å². The number of amides is 2. The number of nitrogens with one attached hydrogen (secondary N) is 1. The van der Waals surface area contributed by atoms with E-state index in [4.69, 9.17) is 4.74 Å². The summed E-state index contributed by atoms with van der Waals surface area (Å²) in [5.41, 5.74) is 0.966. The number of carbonyl (C=O) groups excluding carboxylic acids is 2. The fraction of sp³-hybridized carbons (Fsp3) is 0.263. The lowest BCUT2D eigenvalue weighted by Gasteiger charge is -2.37. The van der Waals surface area contributed by atoms with Crippen molar-refractivity contribution in [2.75, 3.05) is 10.2 Å². The average molecular weight is 322 g/mol. The Balaban J connectivity index is 1.73. The molecule has 2 heterocycles. The Morgan fingerprint density at radius 2 is 1.92 bits per heavy atom. The lowest BCUT2D eigenvalue weighted by atomic mass is 10.00. The summed E-state index contributed by atoms with van der Waals surface area (Å²) in [7, 11) is 0. The number of rotatable bonds is 1. The van der Waals surface area contributed by atoms with E-state index in [2.05, 4.69) is 5.32 Å². The van der Waals surface area contributed by atoms with Gasteiger partial charge in [-0.25, -0.2) is 0 Å². The minimum atomic E-state index is -1.58. The van der Waals surface area contributed by atoms with E-state index in [1.54, 1.807) is 17.0 Å². The summed E-state index contributed by atoms with van der Waals surface area (Å²) in [6.07, 6.45) is 0.774. The molecule has 0 bridgehead atoms. The molecule has 2 aromatic carbocycles. The van der Waals surface area contributed by atoms with Crippen LogP contribution in [0.2, 0.25) is 0 Å². The van der Waals surface area contributed by atoms with Gasteiger partial charge in [0.15, 0.2) is 0 Å². The van der Waals surface area contributed by atoms with Crippen LogP contribution in [0.15, 0.2) is 48.5 Å². The third kappa shape index (κ3) is 2.01. The molecule has 24 heavy (non-hydrogen) atoms. The first kappa shape index (κ1) is 14.8. The second-order valence-corrected chi connectivity index (χ2v) is 6.44. The molecule has 2 amide bonds. The Kier molecular flexibility index (Phi) is 3.13. The van der Waals surface area contributed by atoms with Crippen molar-refractivity contribution in [1.29, 1.82) is 0 Å². The number of benzene rings is 2. The van der Waals surface area contributed by atoms with Gasteiger partial charge in [-0.3, -0.25) is 9.59 Å². The standard InChI is InChI=1S/C19H18N2O3/c1-12-11-13-7-3-5-9-15(13)21(12)18(23)19(2)17(22)20-14-8-4-6-10-16(14)24-19/h3-10,12H,11H2,1-2H3,(H,20,22). The molecular weight excluding hydrogens is 304 g/mol. The molecule has 0 radical (unpaired) electrons. The zero-order valence-corrected chi connectivity index (χ0v) is 13.6. The van der Waals surface area contributed by atoms with Crippen LogP contribution in [0.25, 0.3) is 0 Å². The van der Waals surface area contributed by atoms with Gasteiger partial charge in [-0.2, -0.15) is 0 Å². The van der Waals surface area contributed by atoms with Crippen molar-refractivity contribution in [3.8, 4) is 5.75 Å². The van der Waals surface area contributed by atoms with Crippen molar-refractivity contribution in [3.05, 3.63) is 54.1 Å². The second kappa shape index (κ2) is 5.09. The lowest BCUT2D eigenvalue weighted by Crippen LogP contribution is -2.60. The fourth-order valence-electron chi connectivity index (χ4n) is 3.41. The van der Waals surface area contributed by atoms with Crippen LogP contribution in [0.3, 0.4) is 0 Å². The van der Waals surface area contributed by atoms with Crippen LogP contribution >= 0.6 is 0 Å². The topological polar surface area (TPSA) is 58.6 Å². The highest BCUT2D eigenvalue weighted by atomic mass is 16.5. The van der Waals surface area contributed by atoms with Gasteiger partial charge < -0.3 is 15.0 Å². The zero-order chi connectivity index (χ0) is 16.9. The molecule has 1 N–H and O–H groups in total. The smallest absolute Gasteiger partial charge is 0.281 e. The van der Waals surface area contributed by atoms with Gasteiger partial charge in [-0.1, -0.05) is 30.3 Å². The highest BCUT2D eigenvalue weighted by Crippen LogP contribution is 2.38. The lowest BCUT2D eigenvalue weighted by molar-refractivity contribution is -0.145. The van der Waals surface area contributed by atoms with Gasteiger partial charge in [0.1, 0.15) is 5.75 Å². The second-order valence-electron chi connectivity index (χ2n) is 6.44. The van der Waals surface area contributed by atoms with Crippen LogP contribution in [-0.2, 0) is 16.0 Å². The summed E-state index contributed by atoms with van der Waals surface area (Å²) in [5.74, 6) is -0.275. The van der Waals surface area contributed by atoms with Crippen molar-refractivity contribution >= 4 is 23.2 Å². The maximum Gasteiger partial charge on any atom is 0.281 e. The molecule has 2 atom stereocenters. The Bertz CT molecular complexity index is 848. The normalized spacial score (nSPS) is 24.7. The molecule has 2 aliphatic rings. The van der Waals surface area contributed by atoms with Gasteiger partial charge in [0.2, 0.25) is 0 Å². The Labute approximate surface area is 140 Å².